The fourth-order valence-electron chi connectivity index (χ4n) is 3.22. The first-order valence-electron chi connectivity index (χ1n) is 8.72. The molecule has 3 rings (SSSR count). The van der Waals surface area contributed by atoms with E-state index in [-0.39, 0.29) is 23.6 Å². The van der Waals surface area contributed by atoms with Crippen LogP contribution in [0.4, 0.5) is 5.82 Å². The molecule has 0 aromatic carbocycles. The van der Waals surface area contributed by atoms with E-state index in [1.165, 1.54) is 0 Å². The lowest BCUT2D eigenvalue weighted by Gasteiger charge is -2.22. The van der Waals surface area contributed by atoms with Crippen LogP contribution >= 0.6 is 0 Å². The molecular weight excluding hydrogens is 308 g/mol. The van der Waals surface area contributed by atoms with Crippen LogP contribution in [0.5, 0.6) is 6.01 Å². The number of nitrogen functional groups attached to an aromatic ring is 1. The molecule has 132 valence electrons. The van der Waals surface area contributed by atoms with Gasteiger partial charge in [0.15, 0.2) is 11.5 Å². The van der Waals surface area contributed by atoms with Crippen LogP contribution in [0.2, 0.25) is 0 Å². The van der Waals surface area contributed by atoms with Crippen molar-refractivity contribution in [2.45, 2.75) is 52.2 Å². The van der Waals surface area contributed by atoms with E-state index < -0.39 is 0 Å². The number of hydrogen-bond donors (Lipinski definition) is 3. The Morgan fingerprint density at radius 3 is 2.83 bits per heavy atom. The number of fused-ring (bicyclic) bond motifs is 1. The number of ether oxygens (including phenoxy) is 1. The largest absolute Gasteiger partial charge is 0.460 e. The fourth-order valence-corrected chi connectivity index (χ4v) is 3.22. The third-order valence-electron chi connectivity index (χ3n) is 4.53. The van der Waals surface area contributed by atoms with Gasteiger partial charge in [0.2, 0.25) is 0 Å². The molecule has 1 aliphatic heterocycles. The first-order chi connectivity index (χ1) is 11.6. The molecule has 0 saturated carbocycles. The molecule has 3 heterocycles. The molecule has 0 amide bonds. The highest BCUT2D eigenvalue weighted by Crippen LogP contribution is 2.21. The Bertz CT molecular complexity index is 747. The second kappa shape index (κ2) is 7.21. The van der Waals surface area contributed by atoms with E-state index in [0.29, 0.717) is 23.6 Å². The van der Waals surface area contributed by atoms with Gasteiger partial charge < -0.3 is 20.8 Å². The van der Waals surface area contributed by atoms with Crippen LogP contribution in [-0.2, 0) is 6.54 Å². The zero-order valence-electron chi connectivity index (χ0n) is 14.3. The number of aromatic amines is 1. The van der Waals surface area contributed by atoms with Crippen molar-refractivity contribution in [3.8, 4) is 6.01 Å². The molecule has 4 N–H and O–H groups in total. The fraction of sp³-hybridized carbons (Fsp3) is 0.688. The predicted octanol–water partition coefficient (Wildman–Crippen LogP) is 1.27. The Kier molecular flexibility index (Phi) is 5.03. The third kappa shape index (κ3) is 3.53. The van der Waals surface area contributed by atoms with Crippen molar-refractivity contribution in [3.05, 3.63) is 10.5 Å². The average molecular weight is 334 g/mol. The highest BCUT2D eigenvalue weighted by atomic mass is 16.5. The van der Waals surface area contributed by atoms with Gasteiger partial charge in [-0.1, -0.05) is 13.3 Å². The van der Waals surface area contributed by atoms with E-state index >= 15 is 0 Å². The van der Waals surface area contributed by atoms with Crippen LogP contribution < -0.4 is 21.5 Å². The molecule has 1 aliphatic rings. The summed E-state index contributed by atoms with van der Waals surface area (Å²) in [6.45, 7) is 6.69. The Hall–Kier alpha value is -2.09. The zero-order chi connectivity index (χ0) is 17.1. The number of nitrogens with zero attached hydrogens (tertiary/aromatic N) is 3. The van der Waals surface area contributed by atoms with E-state index in [1.807, 2.05) is 6.92 Å². The Morgan fingerprint density at radius 2 is 2.12 bits per heavy atom. The van der Waals surface area contributed by atoms with Crippen molar-refractivity contribution in [1.29, 1.82) is 0 Å². The van der Waals surface area contributed by atoms with Crippen LogP contribution in [0.3, 0.4) is 0 Å². The first-order valence-corrected chi connectivity index (χ1v) is 8.72. The molecule has 24 heavy (non-hydrogen) atoms. The van der Waals surface area contributed by atoms with Crippen LogP contribution in [-0.4, -0.2) is 38.7 Å². The van der Waals surface area contributed by atoms with Crippen molar-refractivity contribution >= 4 is 17.0 Å². The van der Waals surface area contributed by atoms with Crippen LogP contribution in [0, 0.1) is 5.92 Å². The summed E-state index contributed by atoms with van der Waals surface area (Å²) in [5.74, 6) is 0.711. The van der Waals surface area contributed by atoms with Gasteiger partial charge in [-0.15, -0.1) is 0 Å². The van der Waals surface area contributed by atoms with Gasteiger partial charge in [0, 0.05) is 6.54 Å². The number of nitrogens with two attached hydrogens (primary N) is 1. The zero-order valence-corrected chi connectivity index (χ0v) is 14.3. The van der Waals surface area contributed by atoms with Gasteiger partial charge in [-0.2, -0.15) is 9.97 Å². The molecule has 0 unspecified atom stereocenters. The predicted molar refractivity (Wildman–Crippen MR) is 93.2 cm³/mol. The summed E-state index contributed by atoms with van der Waals surface area (Å²) in [4.78, 5) is 23.7. The molecule has 1 saturated heterocycles. The molecule has 8 nitrogen and oxygen atoms in total. The van der Waals surface area contributed by atoms with Crippen LogP contribution in [0.25, 0.3) is 11.2 Å². The van der Waals surface area contributed by atoms with Crippen molar-refractivity contribution in [3.63, 3.8) is 0 Å². The molecule has 1 atom stereocenters. The van der Waals surface area contributed by atoms with Gasteiger partial charge in [-0.05, 0) is 45.2 Å². The maximum atomic E-state index is 12.3. The summed E-state index contributed by atoms with van der Waals surface area (Å²) in [5, 5.41) is 3.34. The number of aromatic nitrogens is 4. The van der Waals surface area contributed by atoms with E-state index in [4.69, 9.17) is 10.5 Å². The third-order valence-corrected chi connectivity index (χ3v) is 4.53. The average Bonchev–Trinajstić information content (AvgIpc) is 2.86. The minimum Gasteiger partial charge on any atom is -0.460 e. The van der Waals surface area contributed by atoms with Gasteiger partial charge in [0.1, 0.15) is 5.52 Å². The van der Waals surface area contributed by atoms with Crippen LogP contribution in [0.15, 0.2) is 4.79 Å². The molecule has 2 aromatic rings. The highest BCUT2D eigenvalue weighted by molar-refractivity contribution is 5.81. The maximum absolute atomic E-state index is 12.3. The highest BCUT2D eigenvalue weighted by Gasteiger charge is 2.20. The monoisotopic (exact) mass is 334 g/mol. The summed E-state index contributed by atoms with van der Waals surface area (Å²) in [7, 11) is 0. The van der Waals surface area contributed by atoms with E-state index in [0.717, 1.165) is 38.8 Å². The number of hydrogen-bond acceptors (Lipinski definition) is 6. The molecule has 8 heteroatoms. The number of rotatable bonds is 6. The molecule has 2 aromatic heterocycles. The topological polar surface area (TPSA) is 111 Å². The second-order valence-electron chi connectivity index (χ2n) is 6.54. The quantitative estimate of drug-likeness (QED) is 0.733. The number of anilines is 1. The van der Waals surface area contributed by atoms with E-state index in [2.05, 4.69) is 27.2 Å². The summed E-state index contributed by atoms with van der Waals surface area (Å²) in [6.07, 6.45) is 4.04. The smallest absolute Gasteiger partial charge is 0.327 e. The molecule has 0 bridgehead atoms. The summed E-state index contributed by atoms with van der Waals surface area (Å²) in [6, 6.07) is 0.235. The maximum Gasteiger partial charge on any atom is 0.327 e. The Morgan fingerprint density at radius 1 is 1.38 bits per heavy atom. The van der Waals surface area contributed by atoms with Crippen molar-refractivity contribution in [1.82, 2.24) is 24.8 Å². The second-order valence-corrected chi connectivity index (χ2v) is 6.54. The van der Waals surface area contributed by atoms with Gasteiger partial charge >= 0.3 is 11.7 Å². The van der Waals surface area contributed by atoms with Crippen molar-refractivity contribution in [2.75, 3.05) is 18.8 Å². The lowest BCUT2D eigenvalue weighted by Crippen LogP contribution is -2.32. The minimum atomic E-state index is -0.191. The summed E-state index contributed by atoms with van der Waals surface area (Å²) < 4.78 is 7.42. The molecule has 0 radical (unpaired) electrons. The molecular formula is C16H26N6O2. The van der Waals surface area contributed by atoms with Gasteiger partial charge in [0.25, 0.3) is 0 Å². The Labute approximate surface area is 140 Å². The summed E-state index contributed by atoms with van der Waals surface area (Å²) in [5.41, 5.74) is 6.83. The Balaban J connectivity index is 1.91. The van der Waals surface area contributed by atoms with Crippen molar-refractivity contribution < 1.29 is 4.74 Å². The molecule has 0 aliphatic carbocycles. The SMILES string of the molecule is CCC[C@H](C)Oc1nc(N)c2[nH]c(=O)n(CC3CCNCC3)c2n1. The van der Waals surface area contributed by atoms with E-state index in [9.17, 15) is 4.79 Å². The molecule has 1 fully saturated rings. The number of imidazole rings is 1. The van der Waals surface area contributed by atoms with Gasteiger partial charge in [0.05, 0.1) is 6.10 Å². The standard InChI is InChI=1S/C16H26N6O2/c1-3-4-10(2)24-15-20-13(17)12-14(21-15)22(16(23)19-12)9-11-5-7-18-8-6-11/h10-11,18H,3-9H2,1-2H3,(H,19,23)(H2,17,20,21)/t10-/m0/s1. The number of H-pyrrole nitrogens is 1. The van der Waals surface area contributed by atoms with E-state index in [1.54, 1.807) is 4.57 Å². The van der Waals surface area contributed by atoms with Crippen LogP contribution in [0.1, 0.15) is 39.5 Å². The lowest BCUT2D eigenvalue weighted by atomic mass is 9.98. The lowest BCUT2D eigenvalue weighted by molar-refractivity contribution is 0.193. The van der Waals surface area contributed by atoms with Gasteiger partial charge in [-0.3, -0.25) is 4.57 Å². The normalized spacial score (nSPS) is 17.2. The summed E-state index contributed by atoms with van der Waals surface area (Å²) >= 11 is 0. The number of piperidine rings is 1. The van der Waals surface area contributed by atoms with Crippen molar-refractivity contribution in [2.24, 2.45) is 5.92 Å². The first kappa shape index (κ1) is 16.8. The minimum absolute atomic E-state index is 0.00961. The van der Waals surface area contributed by atoms with Gasteiger partial charge in [-0.25, -0.2) is 4.79 Å². The molecule has 0 spiro atoms. The number of nitrogens with one attached hydrogen (secondary N) is 2.